The van der Waals surface area contributed by atoms with E-state index in [0.29, 0.717) is 10.5 Å². The van der Waals surface area contributed by atoms with Crippen molar-refractivity contribution in [2.45, 2.75) is 24.8 Å². The van der Waals surface area contributed by atoms with Crippen molar-refractivity contribution >= 4 is 21.8 Å². The molecule has 0 spiro atoms. The van der Waals surface area contributed by atoms with Crippen LogP contribution in [0, 0.1) is 0 Å². The van der Waals surface area contributed by atoms with Gasteiger partial charge in [0.25, 0.3) is 0 Å². The first-order valence-electron chi connectivity index (χ1n) is 7.69. The third-order valence-corrected chi connectivity index (χ3v) is 5.70. The molecule has 1 unspecified atom stereocenters. The van der Waals surface area contributed by atoms with E-state index in [1.165, 1.54) is 12.1 Å². The zero-order valence-electron chi connectivity index (χ0n) is 13.8. The highest BCUT2D eigenvalue weighted by molar-refractivity contribution is 7.93. The molecule has 0 saturated carbocycles. The number of ether oxygens (including phenoxy) is 1. The molecule has 2 rings (SSSR count). The Morgan fingerprint density at radius 1 is 1.04 bits per heavy atom. The summed E-state index contributed by atoms with van der Waals surface area (Å²) in [7, 11) is -2.95. The number of carbonyl (C=O) groups excluding carboxylic acids is 1. The molecule has 2 aromatic carbocycles. The number of benzene rings is 2. The van der Waals surface area contributed by atoms with E-state index in [4.69, 9.17) is 9.84 Å². The Hall–Kier alpha value is -2.67. The number of carboxylic acid groups (broad SMARTS) is 1. The van der Waals surface area contributed by atoms with Crippen LogP contribution in [0.3, 0.4) is 0 Å². The van der Waals surface area contributed by atoms with Gasteiger partial charge in [0.1, 0.15) is 6.61 Å². The van der Waals surface area contributed by atoms with Crippen LogP contribution in [-0.2, 0) is 32.3 Å². The molecular formula is C18H19NO5S. The lowest BCUT2D eigenvalue weighted by Gasteiger charge is -2.09. The number of aliphatic carboxylic acids is 1. The quantitative estimate of drug-likeness (QED) is 0.850. The van der Waals surface area contributed by atoms with Crippen molar-refractivity contribution in [3.05, 3.63) is 65.7 Å². The fourth-order valence-electron chi connectivity index (χ4n) is 2.14. The monoisotopic (exact) mass is 361 g/mol. The van der Waals surface area contributed by atoms with Crippen molar-refractivity contribution in [1.29, 1.82) is 0 Å². The third kappa shape index (κ3) is 5.42. The summed E-state index contributed by atoms with van der Waals surface area (Å²) in [6.07, 6.45) is -1.01. The fourth-order valence-corrected chi connectivity index (χ4v) is 3.57. The Labute approximate surface area is 146 Å². The Morgan fingerprint density at radius 2 is 1.68 bits per heavy atom. The molecule has 1 amide bonds. The van der Waals surface area contributed by atoms with Gasteiger partial charge >= 0.3 is 12.1 Å². The largest absolute Gasteiger partial charge is 0.481 e. The molecule has 0 aliphatic rings. The molecule has 7 heteroatoms. The average molecular weight is 361 g/mol. The van der Waals surface area contributed by atoms with Crippen LogP contribution in [0.4, 0.5) is 4.79 Å². The van der Waals surface area contributed by atoms with E-state index in [9.17, 15) is 13.8 Å². The second-order valence-corrected chi connectivity index (χ2v) is 7.79. The van der Waals surface area contributed by atoms with Gasteiger partial charge in [-0.15, -0.1) is 4.36 Å². The number of hydrogen-bond acceptors (Lipinski definition) is 4. The van der Waals surface area contributed by atoms with Crippen LogP contribution < -0.4 is 0 Å². The maximum Gasteiger partial charge on any atom is 0.442 e. The van der Waals surface area contributed by atoms with Crippen LogP contribution in [0.2, 0.25) is 0 Å². The summed E-state index contributed by atoms with van der Waals surface area (Å²) in [4.78, 5) is 23.0. The predicted molar refractivity (Wildman–Crippen MR) is 93.8 cm³/mol. The van der Waals surface area contributed by atoms with Gasteiger partial charge in [0.15, 0.2) is 0 Å². The SMILES string of the molecule is CCS(=O)(=NC(=O)OCc1ccccc1)c1ccc(CC(=O)O)cc1. The van der Waals surface area contributed by atoms with Crippen molar-refractivity contribution in [1.82, 2.24) is 0 Å². The van der Waals surface area contributed by atoms with Gasteiger partial charge in [-0.3, -0.25) is 4.79 Å². The number of carbonyl (C=O) groups is 2. The van der Waals surface area contributed by atoms with Gasteiger partial charge in [-0.05, 0) is 23.3 Å². The first kappa shape index (κ1) is 18.7. The highest BCUT2D eigenvalue weighted by Crippen LogP contribution is 2.16. The molecule has 1 atom stereocenters. The van der Waals surface area contributed by atoms with E-state index >= 15 is 0 Å². The van der Waals surface area contributed by atoms with Gasteiger partial charge in [0.2, 0.25) is 0 Å². The number of amides is 1. The van der Waals surface area contributed by atoms with Gasteiger partial charge in [0.05, 0.1) is 16.1 Å². The third-order valence-electron chi connectivity index (χ3n) is 3.47. The van der Waals surface area contributed by atoms with Crippen molar-refractivity contribution in [2.75, 3.05) is 5.75 Å². The molecular weight excluding hydrogens is 342 g/mol. The highest BCUT2D eigenvalue weighted by Gasteiger charge is 2.14. The predicted octanol–water partition coefficient (Wildman–Crippen LogP) is 3.50. The van der Waals surface area contributed by atoms with E-state index in [1.54, 1.807) is 19.1 Å². The molecule has 2 aromatic rings. The molecule has 0 fully saturated rings. The summed E-state index contributed by atoms with van der Waals surface area (Å²) in [6.45, 7) is 1.72. The van der Waals surface area contributed by atoms with Crippen molar-refractivity contribution < 1.29 is 23.6 Å². The maximum absolute atomic E-state index is 12.9. The molecule has 0 heterocycles. The van der Waals surface area contributed by atoms with Gasteiger partial charge in [-0.2, -0.15) is 0 Å². The molecule has 0 aliphatic heterocycles. The molecule has 0 aromatic heterocycles. The molecule has 0 bridgehead atoms. The van der Waals surface area contributed by atoms with Gasteiger partial charge in [0, 0.05) is 10.6 Å². The molecule has 25 heavy (non-hydrogen) atoms. The molecule has 6 nitrogen and oxygen atoms in total. The number of carboxylic acids is 1. The van der Waals surface area contributed by atoms with Crippen molar-refractivity contribution in [3.8, 4) is 0 Å². The van der Waals surface area contributed by atoms with E-state index in [2.05, 4.69) is 4.36 Å². The van der Waals surface area contributed by atoms with E-state index in [0.717, 1.165) is 5.56 Å². The Balaban J connectivity index is 2.14. The maximum atomic E-state index is 12.9. The minimum atomic E-state index is -2.95. The summed E-state index contributed by atoms with van der Waals surface area (Å²) >= 11 is 0. The average Bonchev–Trinajstić information content (AvgIpc) is 2.61. The van der Waals surface area contributed by atoms with Crippen LogP contribution in [0.5, 0.6) is 0 Å². The van der Waals surface area contributed by atoms with Crippen molar-refractivity contribution in [3.63, 3.8) is 0 Å². The molecule has 132 valence electrons. The van der Waals surface area contributed by atoms with E-state index in [-0.39, 0.29) is 18.8 Å². The van der Waals surface area contributed by atoms with Gasteiger partial charge in [-0.1, -0.05) is 49.4 Å². The summed E-state index contributed by atoms with van der Waals surface area (Å²) in [5, 5.41) is 8.78. The summed E-state index contributed by atoms with van der Waals surface area (Å²) in [6, 6.07) is 15.4. The summed E-state index contributed by atoms with van der Waals surface area (Å²) in [5.74, 6) is -0.802. The molecule has 0 radical (unpaired) electrons. The van der Waals surface area contributed by atoms with Crippen LogP contribution in [0.1, 0.15) is 18.1 Å². The first-order chi connectivity index (χ1) is 11.9. The summed E-state index contributed by atoms with van der Waals surface area (Å²) < 4.78 is 21.7. The minimum absolute atomic E-state index is 0.0555. The second kappa shape index (κ2) is 8.43. The Bertz CT molecular complexity index is 853. The molecule has 0 saturated heterocycles. The van der Waals surface area contributed by atoms with Gasteiger partial charge in [-0.25, -0.2) is 9.00 Å². The summed E-state index contributed by atoms with van der Waals surface area (Å²) in [5.41, 5.74) is 1.40. The lowest BCUT2D eigenvalue weighted by molar-refractivity contribution is -0.136. The lowest BCUT2D eigenvalue weighted by Crippen LogP contribution is -2.09. The van der Waals surface area contributed by atoms with Crippen LogP contribution in [0.15, 0.2) is 63.9 Å². The Kier molecular flexibility index (Phi) is 6.30. The van der Waals surface area contributed by atoms with E-state index < -0.39 is 21.8 Å². The highest BCUT2D eigenvalue weighted by atomic mass is 32.2. The topological polar surface area (TPSA) is 93.0 Å². The van der Waals surface area contributed by atoms with Crippen LogP contribution >= 0.6 is 0 Å². The first-order valence-corrected chi connectivity index (χ1v) is 9.37. The number of hydrogen-bond donors (Lipinski definition) is 1. The standard InChI is InChI=1S/C18H19NO5S/c1-2-25(23,16-10-8-14(9-11-16)12-17(20)21)19-18(22)24-13-15-6-4-3-5-7-15/h3-11H,2,12-13H2,1H3,(H,20,21). The minimum Gasteiger partial charge on any atom is -0.481 e. The molecule has 1 N–H and O–H groups in total. The van der Waals surface area contributed by atoms with Crippen LogP contribution in [-0.4, -0.2) is 27.1 Å². The fraction of sp³-hybridized carbons (Fsp3) is 0.222. The number of rotatable bonds is 6. The van der Waals surface area contributed by atoms with Gasteiger partial charge < -0.3 is 9.84 Å². The zero-order chi connectivity index (χ0) is 18.3. The zero-order valence-corrected chi connectivity index (χ0v) is 14.6. The lowest BCUT2D eigenvalue weighted by atomic mass is 10.2. The van der Waals surface area contributed by atoms with Crippen molar-refractivity contribution in [2.24, 2.45) is 4.36 Å². The number of nitrogens with zero attached hydrogens (tertiary/aromatic N) is 1. The normalized spacial score (nSPS) is 12.8. The van der Waals surface area contributed by atoms with E-state index in [1.807, 2.05) is 30.3 Å². The molecule has 0 aliphatic carbocycles. The Morgan fingerprint density at radius 3 is 2.24 bits per heavy atom. The second-order valence-electron chi connectivity index (χ2n) is 5.28. The van der Waals surface area contributed by atoms with Crippen LogP contribution in [0.25, 0.3) is 0 Å². The smallest absolute Gasteiger partial charge is 0.442 e.